The summed E-state index contributed by atoms with van der Waals surface area (Å²) in [7, 11) is 0. The van der Waals surface area contributed by atoms with Crippen molar-refractivity contribution in [3.8, 4) is 0 Å². The number of hydrogen-bond acceptors (Lipinski definition) is 1. The SMILES string of the molecule is Cc1cccc(C=CC(=O)NC2CCCCC2)c1. The summed E-state index contributed by atoms with van der Waals surface area (Å²) < 4.78 is 0. The molecule has 18 heavy (non-hydrogen) atoms. The maximum atomic E-state index is 11.8. The molecule has 0 atom stereocenters. The topological polar surface area (TPSA) is 29.1 Å². The quantitative estimate of drug-likeness (QED) is 0.809. The van der Waals surface area contributed by atoms with Crippen LogP contribution in [0.3, 0.4) is 0 Å². The number of rotatable bonds is 3. The standard InChI is InChI=1S/C16H21NO/c1-13-6-5-7-14(12-13)10-11-16(18)17-15-8-3-2-4-9-15/h5-7,10-12,15H,2-4,8-9H2,1H3,(H,17,18). The molecule has 2 nitrogen and oxygen atoms in total. The predicted octanol–water partition coefficient (Wildman–Crippen LogP) is 3.46. The molecule has 0 spiro atoms. The van der Waals surface area contributed by atoms with E-state index in [1.807, 2.05) is 18.2 Å². The number of benzene rings is 1. The molecule has 1 aromatic carbocycles. The van der Waals surface area contributed by atoms with Crippen LogP contribution < -0.4 is 5.32 Å². The van der Waals surface area contributed by atoms with Crippen molar-refractivity contribution in [3.05, 3.63) is 41.5 Å². The largest absolute Gasteiger partial charge is 0.350 e. The minimum absolute atomic E-state index is 0.0309. The third-order valence-corrected chi connectivity index (χ3v) is 3.42. The number of hydrogen-bond donors (Lipinski definition) is 1. The molecule has 1 aliphatic rings. The molecule has 1 fully saturated rings. The Kier molecular flexibility index (Phi) is 4.57. The highest BCUT2D eigenvalue weighted by Gasteiger charge is 2.13. The lowest BCUT2D eigenvalue weighted by Crippen LogP contribution is -2.34. The lowest BCUT2D eigenvalue weighted by molar-refractivity contribution is -0.117. The van der Waals surface area contributed by atoms with Crippen molar-refractivity contribution in [3.63, 3.8) is 0 Å². The van der Waals surface area contributed by atoms with Gasteiger partial charge in [-0.2, -0.15) is 0 Å². The summed E-state index contributed by atoms with van der Waals surface area (Å²) in [4.78, 5) is 11.8. The van der Waals surface area contributed by atoms with Crippen molar-refractivity contribution in [1.82, 2.24) is 5.32 Å². The molecular formula is C16H21NO. The molecule has 0 aliphatic heterocycles. The molecular weight excluding hydrogens is 222 g/mol. The van der Waals surface area contributed by atoms with E-state index in [0.29, 0.717) is 6.04 Å². The molecule has 0 radical (unpaired) electrons. The van der Waals surface area contributed by atoms with Crippen molar-refractivity contribution >= 4 is 12.0 Å². The first-order valence-corrected chi connectivity index (χ1v) is 6.79. The van der Waals surface area contributed by atoms with Crippen LogP contribution in [0.25, 0.3) is 6.08 Å². The van der Waals surface area contributed by atoms with Crippen molar-refractivity contribution in [1.29, 1.82) is 0 Å². The van der Waals surface area contributed by atoms with Crippen LogP contribution in [0.5, 0.6) is 0 Å². The maximum Gasteiger partial charge on any atom is 0.244 e. The van der Waals surface area contributed by atoms with E-state index in [2.05, 4.69) is 24.4 Å². The molecule has 1 amide bonds. The van der Waals surface area contributed by atoms with Crippen LogP contribution in [-0.4, -0.2) is 11.9 Å². The Labute approximate surface area is 109 Å². The number of amides is 1. The maximum absolute atomic E-state index is 11.8. The van der Waals surface area contributed by atoms with Gasteiger partial charge >= 0.3 is 0 Å². The average Bonchev–Trinajstić information content (AvgIpc) is 2.38. The van der Waals surface area contributed by atoms with E-state index in [1.54, 1.807) is 6.08 Å². The van der Waals surface area contributed by atoms with Crippen molar-refractivity contribution in [2.75, 3.05) is 0 Å². The van der Waals surface area contributed by atoms with Gasteiger partial charge in [-0.25, -0.2) is 0 Å². The van der Waals surface area contributed by atoms with Crippen molar-refractivity contribution in [2.45, 2.75) is 45.1 Å². The van der Waals surface area contributed by atoms with Crippen molar-refractivity contribution < 1.29 is 4.79 Å². The monoisotopic (exact) mass is 243 g/mol. The van der Waals surface area contributed by atoms with Crippen LogP contribution in [0.2, 0.25) is 0 Å². The predicted molar refractivity (Wildman–Crippen MR) is 75.2 cm³/mol. The smallest absolute Gasteiger partial charge is 0.244 e. The Balaban J connectivity index is 1.86. The molecule has 96 valence electrons. The lowest BCUT2D eigenvalue weighted by atomic mass is 9.95. The van der Waals surface area contributed by atoms with Crippen molar-refractivity contribution in [2.24, 2.45) is 0 Å². The lowest BCUT2D eigenvalue weighted by Gasteiger charge is -2.21. The molecule has 0 bridgehead atoms. The van der Waals surface area contributed by atoms with Gasteiger partial charge in [-0.05, 0) is 31.4 Å². The van der Waals surface area contributed by atoms with Crippen LogP contribution in [0.1, 0.15) is 43.2 Å². The molecule has 0 heterocycles. The fourth-order valence-electron chi connectivity index (χ4n) is 2.44. The fourth-order valence-corrected chi connectivity index (χ4v) is 2.44. The van der Waals surface area contributed by atoms with E-state index >= 15 is 0 Å². The highest BCUT2D eigenvalue weighted by atomic mass is 16.1. The zero-order valence-corrected chi connectivity index (χ0v) is 11.0. The van der Waals surface area contributed by atoms with Crippen LogP contribution >= 0.6 is 0 Å². The van der Waals surface area contributed by atoms with E-state index < -0.39 is 0 Å². The Morgan fingerprint density at radius 3 is 2.78 bits per heavy atom. The van der Waals surface area contributed by atoms with Gasteiger partial charge in [0.2, 0.25) is 5.91 Å². The van der Waals surface area contributed by atoms with E-state index in [4.69, 9.17) is 0 Å². The molecule has 0 unspecified atom stereocenters. The summed E-state index contributed by atoms with van der Waals surface area (Å²) in [6.45, 7) is 2.05. The minimum atomic E-state index is 0.0309. The third-order valence-electron chi connectivity index (χ3n) is 3.42. The minimum Gasteiger partial charge on any atom is -0.350 e. The van der Waals surface area contributed by atoms with Crippen LogP contribution in [-0.2, 0) is 4.79 Å². The fraction of sp³-hybridized carbons (Fsp3) is 0.438. The molecule has 1 saturated carbocycles. The number of nitrogens with one attached hydrogen (secondary N) is 1. The van der Waals surface area contributed by atoms with Crippen LogP contribution in [0, 0.1) is 6.92 Å². The summed E-state index contributed by atoms with van der Waals surface area (Å²) in [5.41, 5.74) is 2.29. The highest BCUT2D eigenvalue weighted by molar-refractivity contribution is 5.91. The summed E-state index contributed by atoms with van der Waals surface area (Å²) >= 11 is 0. The first kappa shape index (κ1) is 12.9. The number of aryl methyl sites for hydroxylation is 1. The Hall–Kier alpha value is -1.57. The van der Waals surface area contributed by atoms with Crippen LogP contribution in [0.15, 0.2) is 30.3 Å². The second-order valence-electron chi connectivity index (χ2n) is 5.09. The van der Waals surface area contributed by atoms with Gasteiger partial charge in [0.1, 0.15) is 0 Å². The summed E-state index contributed by atoms with van der Waals surface area (Å²) in [5.74, 6) is 0.0309. The molecule has 0 saturated heterocycles. The van der Waals surface area contributed by atoms with Gasteiger partial charge in [0.15, 0.2) is 0 Å². The third kappa shape index (κ3) is 4.02. The number of carbonyl (C=O) groups excluding carboxylic acids is 1. The van der Waals surface area contributed by atoms with Gasteiger partial charge in [-0.15, -0.1) is 0 Å². The molecule has 1 aromatic rings. The van der Waals surface area contributed by atoms with Gasteiger partial charge in [0, 0.05) is 12.1 Å². The van der Waals surface area contributed by atoms with Crippen LogP contribution in [0.4, 0.5) is 0 Å². The van der Waals surface area contributed by atoms with Gasteiger partial charge in [-0.1, -0.05) is 49.1 Å². The zero-order valence-electron chi connectivity index (χ0n) is 11.0. The average molecular weight is 243 g/mol. The Morgan fingerprint density at radius 1 is 1.28 bits per heavy atom. The molecule has 0 aromatic heterocycles. The molecule has 1 aliphatic carbocycles. The highest BCUT2D eigenvalue weighted by Crippen LogP contribution is 2.17. The first-order chi connectivity index (χ1) is 8.74. The van der Waals surface area contributed by atoms with E-state index in [-0.39, 0.29) is 5.91 Å². The summed E-state index contributed by atoms with van der Waals surface area (Å²) in [6.07, 6.45) is 9.58. The first-order valence-electron chi connectivity index (χ1n) is 6.79. The van der Waals surface area contributed by atoms with Gasteiger partial charge < -0.3 is 5.32 Å². The van der Waals surface area contributed by atoms with E-state index in [0.717, 1.165) is 18.4 Å². The van der Waals surface area contributed by atoms with E-state index in [9.17, 15) is 4.79 Å². The van der Waals surface area contributed by atoms with Gasteiger partial charge in [0.05, 0.1) is 0 Å². The van der Waals surface area contributed by atoms with Gasteiger partial charge in [0.25, 0.3) is 0 Å². The van der Waals surface area contributed by atoms with E-state index in [1.165, 1.54) is 24.8 Å². The summed E-state index contributed by atoms with van der Waals surface area (Å²) in [5, 5.41) is 3.08. The second-order valence-corrected chi connectivity index (χ2v) is 5.09. The second kappa shape index (κ2) is 6.39. The van der Waals surface area contributed by atoms with Gasteiger partial charge in [-0.3, -0.25) is 4.79 Å². The molecule has 2 rings (SSSR count). The Morgan fingerprint density at radius 2 is 2.06 bits per heavy atom. The summed E-state index contributed by atoms with van der Waals surface area (Å²) in [6, 6.07) is 8.53. The zero-order chi connectivity index (χ0) is 12.8. The number of carbonyl (C=O) groups is 1. The molecule has 1 N–H and O–H groups in total. The Bertz CT molecular complexity index is 430. The molecule has 2 heteroatoms. The normalized spacial score (nSPS) is 16.9.